The number of carboxylic acids is 1. The predicted molar refractivity (Wildman–Crippen MR) is 77.6 cm³/mol. The highest BCUT2D eigenvalue weighted by molar-refractivity contribution is 6.30. The van der Waals surface area contributed by atoms with Crippen molar-refractivity contribution in [1.29, 1.82) is 0 Å². The molecule has 0 radical (unpaired) electrons. The number of hydrogen-bond donors (Lipinski definition) is 2. The number of carbonyl (C=O) groups is 2. The molecule has 1 aromatic heterocycles. The maximum absolute atomic E-state index is 12.1. The normalized spacial score (nSPS) is 15.8. The molecular weight excluding hydrogens is 305 g/mol. The molecule has 1 aromatic rings. The molecule has 0 aliphatic carbocycles. The van der Waals surface area contributed by atoms with Gasteiger partial charge in [-0.05, 0) is 6.07 Å². The Labute approximate surface area is 128 Å². The molecule has 2 heterocycles. The molecule has 2 N–H and O–H groups in total. The molecule has 0 bridgehead atoms. The zero-order valence-corrected chi connectivity index (χ0v) is 12.4. The van der Waals surface area contributed by atoms with Gasteiger partial charge in [0.1, 0.15) is 5.69 Å². The SMILES string of the molecule is Cl.O=C(O)CCN1CCN(C(=O)c2cc(Cl)c[nH]2)CC1. The number of piperazine rings is 1. The first kappa shape index (κ1) is 16.8. The van der Waals surface area contributed by atoms with E-state index in [1.54, 1.807) is 17.2 Å². The number of aliphatic carboxylic acids is 1. The molecule has 112 valence electrons. The Hall–Kier alpha value is -1.24. The Kier molecular flexibility index (Phi) is 6.32. The number of aromatic amines is 1. The first-order valence-corrected chi connectivity index (χ1v) is 6.51. The van der Waals surface area contributed by atoms with Crippen molar-refractivity contribution in [2.45, 2.75) is 6.42 Å². The van der Waals surface area contributed by atoms with Crippen molar-refractivity contribution in [3.8, 4) is 0 Å². The lowest BCUT2D eigenvalue weighted by Crippen LogP contribution is -2.49. The summed E-state index contributed by atoms with van der Waals surface area (Å²) in [7, 11) is 0. The summed E-state index contributed by atoms with van der Waals surface area (Å²) in [5, 5.41) is 9.14. The monoisotopic (exact) mass is 321 g/mol. The molecule has 2 rings (SSSR count). The quantitative estimate of drug-likeness (QED) is 0.877. The van der Waals surface area contributed by atoms with Crippen LogP contribution in [-0.2, 0) is 4.79 Å². The second-order valence-corrected chi connectivity index (χ2v) is 4.95. The highest BCUT2D eigenvalue weighted by Crippen LogP contribution is 2.13. The summed E-state index contributed by atoms with van der Waals surface area (Å²) in [6.45, 7) is 3.15. The number of carbonyl (C=O) groups excluding carboxylic acids is 1. The molecule has 1 aliphatic rings. The third kappa shape index (κ3) is 4.40. The van der Waals surface area contributed by atoms with Gasteiger partial charge in [-0.15, -0.1) is 12.4 Å². The van der Waals surface area contributed by atoms with Crippen molar-refractivity contribution >= 4 is 35.9 Å². The zero-order chi connectivity index (χ0) is 13.8. The number of aromatic nitrogens is 1. The number of carboxylic acid groups (broad SMARTS) is 1. The second kappa shape index (κ2) is 7.52. The van der Waals surface area contributed by atoms with Crippen LogP contribution in [0.5, 0.6) is 0 Å². The Morgan fingerprint density at radius 3 is 2.45 bits per heavy atom. The molecule has 0 atom stereocenters. The van der Waals surface area contributed by atoms with E-state index in [0.717, 1.165) is 0 Å². The van der Waals surface area contributed by atoms with Crippen LogP contribution in [0.1, 0.15) is 16.9 Å². The van der Waals surface area contributed by atoms with Gasteiger partial charge in [-0.2, -0.15) is 0 Å². The summed E-state index contributed by atoms with van der Waals surface area (Å²) < 4.78 is 0. The average molecular weight is 322 g/mol. The Morgan fingerprint density at radius 2 is 1.95 bits per heavy atom. The third-order valence-corrected chi connectivity index (χ3v) is 3.40. The van der Waals surface area contributed by atoms with E-state index in [2.05, 4.69) is 9.88 Å². The standard InChI is InChI=1S/C12H16ClN3O3.ClH/c13-9-7-10(14-8-9)12(19)16-5-3-15(4-6-16)2-1-11(17)18;/h7-8,14H,1-6H2,(H,17,18);1H. The van der Waals surface area contributed by atoms with Crippen LogP contribution in [-0.4, -0.2) is 64.5 Å². The fraction of sp³-hybridized carbons (Fsp3) is 0.500. The fourth-order valence-corrected chi connectivity index (χ4v) is 2.25. The number of nitrogens with zero attached hydrogens (tertiary/aromatic N) is 2. The maximum atomic E-state index is 12.1. The molecule has 0 saturated carbocycles. The molecule has 20 heavy (non-hydrogen) atoms. The number of rotatable bonds is 4. The van der Waals surface area contributed by atoms with E-state index >= 15 is 0 Å². The molecule has 8 heteroatoms. The first-order chi connectivity index (χ1) is 9.06. The van der Waals surface area contributed by atoms with Crippen molar-refractivity contribution < 1.29 is 14.7 Å². The van der Waals surface area contributed by atoms with E-state index in [9.17, 15) is 9.59 Å². The lowest BCUT2D eigenvalue weighted by Gasteiger charge is -2.34. The van der Waals surface area contributed by atoms with Crippen LogP contribution in [0.15, 0.2) is 12.3 Å². The largest absolute Gasteiger partial charge is 0.481 e. The van der Waals surface area contributed by atoms with E-state index in [4.69, 9.17) is 16.7 Å². The molecular formula is C12H17Cl2N3O3. The van der Waals surface area contributed by atoms with Gasteiger partial charge < -0.3 is 15.0 Å². The summed E-state index contributed by atoms with van der Waals surface area (Å²) >= 11 is 5.77. The van der Waals surface area contributed by atoms with Gasteiger partial charge in [0.25, 0.3) is 5.91 Å². The Bertz CT molecular complexity index is 470. The third-order valence-electron chi connectivity index (χ3n) is 3.18. The van der Waals surface area contributed by atoms with E-state index < -0.39 is 5.97 Å². The maximum Gasteiger partial charge on any atom is 0.304 e. The zero-order valence-electron chi connectivity index (χ0n) is 10.8. The van der Waals surface area contributed by atoms with Crippen LogP contribution in [0, 0.1) is 0 Å². The van der Waals surface area contributed by atoms with Gasteiger partial charge in [0.2, 0.25) is 0 Å². The van der Waals surface area contributed by atoms with Crippen molar-refractivity contribution in [2.75, 3.05) is 32.7 Å². The number of halogens is 2. The van der Waals surface area contributed by atoms with Gasteiger partial charge in [-0.1, -0.05) is 11.6 Å². The minimum atomic E-state index is -0.792. The van der Waals surface area contributed by atoms with Crippen LogP contribution in [0.2, 0.25) is 5.02 Å². The summed E-state index contributed by atoms with van der Waals surface area (Å²) in [4.78, 5) is 29.2. The van der Waals surface area contributed by atoms with Gasteiger partial charge >= 0.3 is 5.97 Å². The molecule has 1 saturated heterocycles. The highest BCUT2D eigenvalue weighted by Gasteiger charge is 2.23. The van der Waals surface area contributed by atoms with Gasteiger partial charge in [0.05, 0.1) is 11.4 Å². The van der Waals surface area contributed by atoms with Gasteiger partial charge in [0.15, 0.2) is 0 Å². The molecule has 1 amide bonds. The van der Waals surface area contributed by atoms with Crippen molar-refractivity contribution in [3.05, 3.63) is 23.0 Å². The Balaban J connectivity index is 0.00000200. The minimum absolute atomic E-state index is 0. The highest BCUT2D eigenvalue weighted by atomic mass is 35.5. The number of hydrogen-bond acceptors (Lipinski definition) is 3. The van der Waals surface area contributed by atoms with Crippen molar-refractivity contribution in [2.24, 2.45) is 0 Å². The van der Waals surface area contributed by atoms with E-state index in [0.29, 0.717) is 43.4 Å². The van der Waals surface area contributed by atoms with Crippen LogP contribution >= 0.6 is 24.0 Å². The molecule has 1 aliphatic heterocycles. The van der Waals surface area contributed by atoms with Crippen LogP contribution in [0.25, 0.3) is 0 Å². The molecule has 6 nitrogen and oxygen atoms in total. The molecule has 0 unspecified atom stereocenters. The summed E-state index contributed by atoms with van der Waals surface area (Å²) in [5.74, 6) is -0.857. The summed E-state index contributed by atoms with van der Waals surface area (Å²) in [6, 6.07) is 1.61. The van der Waals surface area contributed by atoms with Gasteiger partial charge in [-0.3, -0.25) is 14.5 Å². The summed E-state index contributed by atoms with van der Waals surface area (Å²) in [6.07, 6.45) is 1.72. The van der Waals surface area contributed by atoms with Crippen LogP contribution < -0.4 is 0 Å². The fourth-order valence-electron chi connectivity index (χ4n) is 2.09. The van der Waals surface area contributed by atoms with Crippen molar-refractivity contribution in [1.82, 2.24) is 14.8 Å². The smallest absolute Gasteiger partial charge is 0.304 e. The number of amides is 1. The predicted octanol–water partition coefficient (Wildman–Crippen LogP) is 1.32. The molecule has 1 fully saturated rings. The van der Waals surface area contributed by atoms with Gasteiger partial charge in [0, 0.05) is 38.9 Å². The lowest BCUT2D eigenvalue weighted by molar-refractivity contribution is -0.137. The lowest BCUT2D eigenvalue weighted by atomic mass is 10.2. The topological polar surface area (TPSA) is 76.6 Å². The van der Waals surface area contributed by atoms with Crippen molar-refractivity contribution in [3.63, 3.8) is 0 Å². The number of nitrogens with one attached hydrogen (secondary N) is 1. The Morgan fingerprint density at radius 1 is 1.30 bits per heavy atom. The first-order valence-electron chi connectivity index (χ1n) is 6.13. The van der Waals surface area contributed by atoms with Crippen LogP contribution in [0.3, 0.4) is 0 Å². The second-order valence-electron chi connectivity index (χ2n) is 4.51. The van der Waals surface area contributed by atoms with Crippen LogP contribution in [0.4, 0.5) is 0 Å². The van der Waals surface area contributed by atoms with E-state index in [1.165, 1.54) is 0 Å². The molecule has 0 spiro atoms. The average Bonchev–Trinajstić information content (AvgIpc) is 2.83. The van der Waals surface area contributed by atoms with E-state index in [-0.39, 0.29) is 24.7 Å². The van der Waals surface area contributed by atoms with E-state index in [1.807, 2.05) is 0 Å². The molecule has 0 aromatic carbocycles. The number of H-pyrrole nitrogens is 1. The minimum Gasteiger partial charge on any atom is -0.481 e. The van der Waals surface area contributed by atoms with Gasteiger partial charge in [-0.25, -0.2) is 0 Å². The summed E-state index contributed by atoms with van der Waals surface area (Å²) in [5.41, 5.74) is 0.490.